The van der Waals surface area contributed by atoms with Crippen molar-refractivity contribution in [1.82, 2.24) is 18.5 Å². The number of nitrogens with zero attached hydrogens (tertiary/aromatic N) is 4. The minimum Gasteiger partial charge on any atom is -0.342 e. The number of amides is 2. The van der Waals surface area contributed by atoms with Gasteiger partial charge in [0.25, 0.3) is 0 Å². The summed E-state index contributed by atoms with van der Waals surface area (Å²) in [5, 5.41) is 0. The number of fused-ring (bicyclic) bond motifs is 1. The number of hydrogen-bond acceptors (Lipinski definition) is 5. The van der Waals surface area contributed by atoms with Gasteiger partial charge in [0.15, 0.2) is 0 Å². The summed E-state index contributed by atoms with van der Waals surface area (Å²) in [6, 6.07) is 16.1. The lowest BCUT2D eigenvalue weighted by Gasteiger charge is -2.34. The first-order valence-corrected chi connectivity index (χ1v) is 10.6. The predicted molar refractivity (Wildman–Crippen MR) is 113 cm³/mol. The van der Waals surface area contributed by atoms with Crippen molar-refractivity contribution in [3.05, 3.63) is 59.7 Å². The Kier molecular flexibility index (Phi) is 5.85. The van der Waals surface area contributed by atoms with Gasteiger partial charge in [0.1, 0.15) is 11.0 Å². The molecular formula is C22H24N4O2S. The Morgan fingerprint density at radius 3 is 2.76 bits per heavy atom. The van der Waals surface area contributed by atoms with Gasteiger partial charge in [-0.3, -0.25) is 9.59 Å². The molecule has 2 heterocycles. The van der Waals surface area contributed by atoms with Crippen molar-refractivity contribution in [2.75, 3.05) is 20.1 Å². The minimum absolute atomic E-state index is 0.0960. The monoisotopic (exact) mass is 408 g/mol. The van der Waals surface area contributed by atoms with E-state index < -0.39 is 0 Å². The first kappa shape index (κ1) is 19.5. The molecule has 2 aromatic carbocycles. The molecule has 1 aliphatic heterocycles. The largest absolute Gasteiger partial charge is 0.342 e. The lowest BCUT2D eigenvalue weighted by atomic mass is 9.95. The highest BCUT2D eigenvalue weighted by Gasteiger charge is 2.31. The number of hydrogen-bond donors (Lipinski definition) is 0. The van der Waals surface area contributed by atoms with E-state index in [9.17, 15) is 9.59 Å². The highest BCUT2D eigenvalue weighted by molar-refractivity contribution is 7.00. The quantitative estimate of drug-likeness (QED) is 0.629. The second kappa shape index (κ2) is 8.69. The van der Waals surface area contributed by atoms with Crippen molar-refractivity contribution in [3.63, 3.8) is 0 Å². The van der Waals surface area contributed by atoms with Gasteiger partial charge in [-0.15, -0.1) is 0 Å². The third kappa shape index (κ3) is 4.62. The van der Waals surface area contributed by atoms with Gasteiger partial charge in [-0.25, -0.2) is 0 Å². The molecule has 7 heteroatoms. The van der Waals surface area contributed by atoms with E-state index in [-0.39, 0.29) is 17.7 Å². The Hall–Kier alpha value is -2.80. The Balaban J connectivity index is 1.36. The second-order valence-corrected chi connectivity index (χ2v) is 8.12. The first-order chi connectivity index (χ1) is 14.1. The van der Waals surface area contributed by atoms with E-state index in [1.165, 1.54) is 17.3 Å². The summed E-state index contributed by atoms with van der Waals surface area (Å²) in [5.74, 6) is 0.103. The molecule has 1 unspecified atom stereocenters. The van der Waals surface area contributed by atoms with Gasteiger partial charge in [0.05, 0.1) is 17.6 Å². The Bertz CT molecular complexity index is 1000. The van der Waals surface area contributed by atoms with Gasteiger partial charge in [-0.05, 0) is 36.1 Å². The maximum Gasteiger partial charge on any atom is 0.227 e. The fraction of sp³-hybridized carbons (Fsp3) is 0.364. The van der Waals surface area contributed by atoms with Crippen molar-refractivity contribution in [2.45, 2.75) is 25.8 Å². The molecule has 0 bridgehead atoms. The Labute approximate surface area is 174 Å². The lowest BCUT2D eigenvalue weighted by Crippen LogP contribution is -2.46. The zero-order chi connectivity index (χ0) is 20.2. The van der Waals surface area contributed by atoms with Crippen LogP contribution in [0.2, 0.25) is 0 Å². The fourth-order valence-electron chi connectivity index (χ4n) is 3.83. The van der Waals surface area contributed by atoms with Gasteiger partial charge in [-0.1, -0.05) is 36.4 Å². The molecule has 3 aromatic rings. The summed E-state index contributed by atoms with van der Waals surface area (Å²) < 4.78 is 8.48. The summed E-state index contributed by atoms with van der Waals surface area (Å²) in [4.78, 5) is 28.9. The first-order valence-electron chi connectivity index (χ1n) is 9.88. The number of carbonyl (C=O) groups is 2. The smallest absolute Gasteiger partial charge is 0.227 e. The SMILES string of the molecule is CN(Cc1ccc2nsnc2c1)C(=O)C1CCC(=O)N(CCc2ccccc2)C1. The Morgan fingerprint density at radius 2 is 1.93 bits per heavy atom. The van der Waals surface area contributed by atoms with E-state index >= 15 is 0 Å². The van der Waals surface area contributed by atoms with Gasteiger partial charge >= 0.3 is 0 Å². The zero-order valence-corrected chi connectivity index (χ0v) is 17.3. The predicted octanol–water partition coefficient (Wildman–Crippen LogP) is 3.13. The Morgan fingerprint density at radius 1 is 1.14 bits per heavy atom. The standard InChI is InChI=1S/C22H24N4O2S/c1-25(14-17-7-9-19-20(13-17)24-29-23-19)22(28)18-8-10-21(27)26(15-18)12-11-16-5-3-2-4-6-16/h2-7,9,13,18H,8,10-12,14-15H2,1H3. The van der Waals surface area contributed by atoms with Crippen molar-refractivity contribution in [2.24, 2.45) is 5.92 Å². The number of carbonyl (C=O) groups excluding carboxylic acids is 2. The van der Waals surface area contributed by atoms with E-state index in [0.29, 0.717) is 32.5 Å². The molecule has 0 N–H and O–H groups in total. The topological polar surface area (TPSA) is 66.4 Å². The molecule has 1 aromatic heterocycles. The number of likely N-dealkylation sites (tertiary alicyclic amines) is 1. The van der Waals surface area contributed by atoms with Gasteiger partial charge in [0.2, 0.25) is 11.8 Å². The molecule has 6 nitrogen and oxygen atoms in total. The molecule has 150 valence electrons. The van der Waals surface area contributed by atoms with Crippen LogP contribution in [-0.2, 0) is 22.6 Å². The van der Waals surface area contributed by atoms with Crippen molar-refractivity contribution < 1.29 is 9.59 Å². The fourth-order valence-corrected chi connectivity index (χ4v) is 4.35. The summed E-state index contributed by atoms with van der Waals surface area (Å²) >= 11 is 1.19. The third-order valence-electron chi connectivity index (χ3n) is 5.48. The minimum atomic E-state index is -0.141. The summed E-state index contributed by atoms with van der Waals surface area (Å²) in [5.41, 5.74) is 3.99. The van der Waals surface area contributed by atoms with Crippen molar-refractivity contribution in [3.8, 4) is 0 Å². The van der Waals surface area contributed by atoms with Gasteiger partial charge in [0, 0.05) is 33.1 Å². The maximum atomic E-state index is 13.0. The number of piperidine rings is 1. The van der Waals surface area contributed by atoms with Crippen LogP contribution in [0.3, 0.4) is 0 Å². The van der Waals surface area contributed by atoms with Crippen LogP contribution >= 0.6 is 11.7 Å². The molecule has 0 aliphatic carbocycles. The summed E-state index contributed by atoms with van der Waals surface area (Å²) in [6.45, 7) is 1.69. The van der Waals surface area contributed by atoms with Crippen LogP contribution in [0.15, 0.2) is 48.5 Å². The van der Waals surface area contributed by atoms with Crippen LogP contribution in [0.4, 0.5) is 0 Å². The van der Waals surface area contributed by atoms with Crippen LogP contribution in [-0.4, -0.2) is 50.5 Å². The number of rotatable bonds is 6. The van der Waals surface area contributed by atoms with E-state index in [2.05, 4.69) is 20.9 Å². The highest BCUT2D eigenvalue weighted by atomic mass is 32.1. The molecule has 2 amide bonds. The van der Waals surface area contributed by atoms with Crippen LogP contribution in [0.25, 0.3) is 11.0 Å². The molecule has 1 atom stereocenters. The lowest BCUT2D eigenvalue weighted by molar-refractivity contribution is -0.142. The highest BCUT2D eigenvalue weighted by Crippen LogP contribution is 2.21. The van der Waals surface area contributed by atoms with Gasteiger partial charge in [-0.2, -0.15) is 8.75 Å². The van der Waals surface area contributed by atoms with Crippen molar-refractivity contribution >= 4 is 34.6 Å². The van der Waals surface area contributed by atoms with Crippen LogP contribution < -0.4 is 0 Å². The normalized spacial score (nSPS) is 16.9. The zero-order valence-electron chi connectivity index (χ0n) is 16.5. The van der Waals surface area contributed by atoms with Gasteiger partial charge < -0.3 is 9.80 Å². The van der Waals surface area contributed by atoms with Crippen molar-refractivity contribution in [1.29, 1.82) is 0 Å². The van der Waals surface area contributed by atoms with E-state index in [4.69, 9.17) is 0 Å². The van der Waals surface area contributed by atoms with Crippen LogP contribution in [0.1, 0.15) is 24.0 Å². The molecule has 0 saturated carbocycles. The van der Waals surface area contributed by atoms with Crippen LogP contribution in [0.5, 0.6) is 0 Å². The summed E-state index contributed by atoms with van der Waals surface area (Å²) in [7, 11) is 1.83. The maximum absolute atomic E-state index is 13.0. The average Bonchev–Trinajstić information content (AvgIpc) is 3.21. The van der Waals surface area contributed by atoms with E-state index in [0.717, 1.165) is 23.0 Å². The average molecular weight is 409 g/mol. The molecule has 0 radical (unpaired) electrons. The molecule has 1 fully saturated rings. The molecule has 29 heavy (non-hydrogen) atoms. The van der Waals surface area contributed by atoms with E-state index in [1.54, 1.807) is 4.90 Å². The molecule has 4 rings (SSSR count). The molecule has 1 aliphatic rings. The number of aromatic nitrogens is 2. The van der Waals surface area contributed by atoms with Crippen LogP contribution in [0, 0.1) is 5.92 Å². The molecular weight excluding hydrogens is 384 g/mol. The number of benzene rings is 2. The third-order valence-corrected chi connectivity index (χ3v) is 6.03. The molecule has 1 saturated heterocycles. The molecule has 0 spiro atoms. The van der Waals surface area contributed by atoms with E-state index in [1.807, 2.05) is 48.3 Å². The summed E-state index contributed by atoms with van der Waals surface area (Å²) in [6.07, 6.45) is 1.87. The second-order valence-electron chi connectivity index (χ2n) is 7.59.